The van der Waals surface area contributed by atoms with Gasteiger partial charge in [-0.05, 0) is 31.0 Å². The topological polar surface area (TPSA) is 74.8 Å². The first-order valence-corrected chi connectivity index (χ1v) is 7.71. The van der Waals surface area contributed by atoms with Crippen molar-refractivity contribution < 1.29 is 0 Å². The molecule has 1 aliphatic rings. The zero-order chi connectivity index (χ0) is 15.8. The van der Waals surface area contributed by atoms with E-state index in [2.05, 4.69) is 24.8 Å². The number of fused-ring (bicyclic) bond motifs is 2. The van der Waals surface area contributed by atoms with Gasteiger partial charge < -0.3 is 4.98 Å². The second kappa shape index (κ2) is 5.55. The molecule has 23 heavy (non-hydrogen) atoms. The molecule has 0 radical (unpaired) electrons. The van der Waals surface area contributed by atoms with Gasteiger partial charge in [-0.15, -0.1) is 0 Å². The summed E-state index contributed by atoms with van der Waals surface area (Å²) in [4.78, 5) is 30.7. The smallest absolute Gasteiger partial charge is 0.258 e. The first-order valence-electron chi connectivity index (χ1n) is 7.71. The molecule has 6 nitrogen and oxygen atoms in total. The molecule has 2 aromatic heterocycles. The Morgan fingerprint density at radius 3 is 3.04 bits per heavy atom. The van der Waals surface area contributed by atoms with Gasteiger partial charge in [-0.1, -0.05) is 12.1 Å². The Morgan fingerprint density at radius 2 is 2.13 bits per heavy atom. The van der Waals surface area contributed by atoms with Gasteiger partial charge in [-0.3, -0.25) is 9.69 Å². The van der Waals surface area contributed by atoms with E-state index in [1.54, 1.807) is 6.07 Å². The quantitative estimate of drug-likeness (QED) is 0.778. The molecular formula is C17H17N5O. The lowest BCUT2D eigenvalue weighted by Crippen LogP contribution is -2.32. The van der Waals surface area contributed by atoms with Gasteiger partial charge in [-0.25, -0.2) is 15.0 Å². The predicted molar refractivity (Wildman–Crippen MR) is 87.0 cm³/mol. The number of para-hydroxylation sites is 1. The van der Waals surface area contributed by atoms with Crippen LogP contribution in [0, 0.1) is 6.92 Å². The molecular weight excluding hydrogens is 290 g/mol. The average molecular weight is 307 g/mol. The summed E-state index contributed by atoms with van der Waals surface area (Å²) in [5, 5.41) is 0.628. The van der Waals surface area contributed by atoms with E-state index in [1.165, 1.54) is 5.56 Å². The maximum Gasteiger partial charge on any atom is 0.258 e. The van der Waals surface area contributed by atoms with Crippen molar-refractivity contribution in [1.29, 1.82) is 0 Å². The summed E-state index contributed by atoms with van der Waals surface area (Å²) in [5.41, 5.74) is 2.95. The monoisotopic (exact) mass is 307 g/mol. The summed E-state index contributed by atoms with van der Waals surface area (Å²) in [6.45, 7) is 4.19. The van der Waals surface area contributed by atoms with E-state index in [9.17, 15) is 4.79 Å². The van der Waals surface area contributed by atoms with E-state index in [0.29, 0.717) is 17.8 Å². The van der Waals surface area contributed by atoms with Crippen LogP contribution < -0.4 is 5.56 Å². The minimum Gasteiger partial charge on any atom is -0.309 e. The average Bonchev–Trinajstić information content (AvgIpc) is 2.54. The number of benzene rings is 1. The highest BCUT2D eigenvalue weighted by atomic mass is 16.1. The van der Waals surface area contributed by atoms with Crippen molar-refractivity contribution in [2.75, 3.05) is 6.54 Å². The van der Waals surface area contributed by atoms with Gasteiger partial charge in [0.05, 0.1) is 23.1 Å². The summed E-state index contributed by atoms with van der Waals surface area (Å²) in [5.74, 6) is 1.49. The predicted octanol–water partition coefficient (Wildman–Crippen LogP) is 1.58. The summed E-state index contributed by atoms with van der Waals surface area (Å²) in [6.07, 6.45) is 2.85. The molecule has 1 aromatic carbocycles. The van der Waals surface area contributed by atoms with Crippen LogP contribution in [0.2, 0.25) is 0 Å². The van der Waals surface area contributed by atoms with Crippen molar-refractivity contribution >= 4 is 10.9 Å². The maximum absolute atomic E-state index is 12.1. The minimum absolute atomic E-state index is 0.0822. The molecule has 0 saturated carbocycles. The van der Waals surface area contributed by atoms with Crippen LogP contribution in [0.25, 0.3) is 10.9 Å². The van der Waals surface area contributed by atoms with Crippen molar-refractivity contribution in [3.8, 4) is 0 Å². The third-order valence-electron chi connectivity index (χ3n) is 4.18. The first-order chi connectivity index (χ1) is 11.2. The molecule has 0 atom stereocenters. The maximum atomic E-state index is 12.1. The van der Waals surface area contributed by atoms with Gasteiger partial charge in [0.15, 0.2) is 0 Å². The second-order valence-corrected chi connectivity index (χ2v) is 5.88. The molecule has 0 spiro atoms. The lowest BCUT2D eigenvalue weighted by atomic mass is 10.1. The van der Waals surface area contributed by atoms with Crippen LogP contribution in [0.5, 0.6) is 0 Å². The molecule has 1 N–H and O–H groups in total. The van der Waals surface area contributed by atoms with Gasteiger partial charge in [0, 0.05) is 19.3 Å². The zero-order valence-electron chi connectivity index (χ0n) is 12.9. The van der Waals surface area contributed by atoms with Crippen LogP contribution in [0.3, 0.4) is 0 Å². The Hall–Kier alpha value is -2.60. The Bertz CT molecular complexity index is 934. The number of aromatic nitrogens is 4. The molecule has 116 valence electrons. The Kier molecular flexibility index (Phi) is 3.38. The number of hydrogen-bond donors (Lipinski definition) is 1. The Balaban J connectivity index is 1.60. The molecule has 3 heterocycles. The summed E-state index contributed by atoms with van der Waals surface area (Å²) < 4.78 is 0. The fourth-order valence-electron chi connectivity index (χ4n) is 3.01. The van der Waals surface area contributed by atoms with Gasteiger partial charge in [0.1, 0.15) is 11.6 Å². The number of H-pyrrole nitrogens is 1. The number of aryl methyl sites for hydroxylation is 1. The number of nitrogens with zero attached hydrogens (tertiary/aromatic N) is 4. The van der Waals surface area contributed by atoms with E-state index >= 15 is 0 Å². The van der Waals surface area contributed by atoms with Crippen LogP contribution in [0.1, 0.15) is 22.9 Å². The molecule has 0 amide bonds. The molecule has 0 bridgehead atoms. The molecule has 6 heteroatoms. The van der Waals surface area contributed by atoms with E-state index in [4.69, 9.17) is 0 Å². The number of aromatic amines is 1. The lowest BCUT2D eigenvalue weighted by Gasteiger charge is -2.27. The molecule has 0 aliphatic carbocycles. The molecule has 1 aliphatic heterocycles. The van der Waals surface area contributed by atoms with Crippen molar-refractivity contribution in [3.63, 3.8) is 0 Å². The summed E-state index contributed by atoms with van der Waals surface area (Å²) in [7, 11) is 0. The third-order valence-corrected chi connectivity index (χ3v) is 4.18. The van der Waals surface area contributed by atoms with Crippen LogP contribution >= 0.6 is 0 Å². The number of nitrogens with one attached hydrogen (secondary N) is 1. The van der Waals surface area contributed by atoms with Crippen molar-refractivity contribution in [1.82, 2.24) is 24.8 Å². The van der Waals surface area contributed by atoms with Crippen molar-refractivity contribution in [3.05, 3.63) is 63.7 Å². The van der Waals surface area contributed by atoms with Crippen LogP contribution in [-0.4, -0.2) is 31.4 Å². The molecule has 3 aromatic rings. The normalized spacial score (nSPS) is 14.8. The van der Waals surface area contributed by atoms with Crippen LogP contribution in [0.4, 0.5) is 0 Å². The Morgan fingerprint density at radius 1 is 1.26 bits per heavy atom. The van der Waals surface area contributed by atoms with Gasteiger partial charge in [0.2, 0.25) is 0 Å². The second-order valence-electron chi connectivity index (χ2n) is 5.88. The first kappa shape index (κ1) is 14.0. The largest absolute Gasteiger partial charge is 0.309 e. The summed E-state index contributed by atoms with van der Waals surface area (Å²) >= 11 is 0. The van der Waals surface area contributed by atoms with Crippen molar-refractivity contribution in [2.24, 2.45) is 0 Å². The highest BCUT2D eigenvalue weighted by Crippen LogP contribution is 2.17. The highest BCUT2D eigenvalue weighted by molar-refractivity contribution is 5.77. The van der Waals surface area contributed by atoms with E-state index < -0.39 is 0 Å². The molecule has 0 saturated heterocycles. The highest BCUT2D eigenvalue weighted by Gasteiger charge is 2.19. The van der Waals surface area contributed by atoms with E-state index in [0.717, 1.165) is 36.5 Å². The van der Waals surface area contributed by atoms with Gasteiger partial charge in [0.25, 0.3) is 5.56 Å². The number of hydrogen-bond acceptors (Lipinski definition) is 5. The summed E-state index contributed by atoms with van der Waals surface area (Å²) in [6, 6.07) is 7.41. The molecule has 0 fully saturated rings. The third kappa shape index (κ3) is 2.73. The van der Waals surface area contributed by atoms with Crippen LogP contribution in [-0.2, 0) is 19.5 Å². The lowest BCUT2D eigenvalue weighted by molar-refractivity contribution is 0.235. The molecule has 4 rings (SSSR count). The van der Waals surface area contributed by atoms with E-state index in [-0.39, 0.29) is 5.56 Å². The van der Waals surface area contributed by atoms with Crippen LogP contribution in [0.15, 0.2) is 35.3 Å². The standard InChI is InChI=1S/C17H17N5O/c1-11-18-8-12-6-7-22(9-15(12)19-11)10-16-20-14-5-3-2-4-13(14)17(23)21-16/h2-5,8H,6-7,9-10H2,1H3,(H,20,21,23). The fraction of sp³-hybridized carbons (Fsp3) is 0.294. The van der Waals surface area contributed by atoms with Gasteiger partial charge >= 0.3 is 0 Å². The van der Waals surface area contributed by atoms with Gasteiger partial charge in [-0.2, -0.15) is 0 Å². The zero-order valence-corrected chi connectivity index (χ0v) is 12.9. The fourth-order valence-corrected chi connectivity index (χ4v) is 3.01. The van der Waals surface area contributed by atoms with E-state index in [1.807, 2.05) is 31.3 Å². The number of rotatable bonds is 2. The Labute approximate surface area is 133 Å². The van der Waals surface area contributed by atoms with Crippen molar-refractivity contribution in [2.45, 2.75) is 26.4 Å². The SMILES string of the molecule is Cc1ncc2c(n1)CN(Cc1nc3ccccc3c(=O)[nH]1)CC2. The minimum atomic E-state index is -0.0822. The molecule has 0 unspecified atom stereocenters.